The lowest BCUT2D eigenvalue weighted by Crippen LogP contribution is -2.38. The number of rotatable bonds is 5. The zero-order valence-corrected chi connectivity index (χ0v) is 16.7. The van der Waals surface area contributed by atoms with Crippen LogP contribution in [-0.4, -0.2) is 37.3 Å². The summed E-state index contributed by atoms with van der Waals surface area (Å²) in [6, 6.07) is 11.5. The molecule has 0 unspecified atom stereocenters. The predicted octanol–water partition coefficient (Wildman–Crippen LogP) is 2.69. The van der Waals surface area contributed by atoms with Gasteiger partial charge in [-0.25, -0.2) is 8.42 Å². The van der Waals surface area contributed by atoms with Crippen molar-refractivity contribution in [2.45, 2.75) is 6.54 Å². The first-order valence-corrected chi connectivity index (χ1v) is 10.7. The molecule has 2 aromatic carbocycles. The number of aromatic nitrogens is 2. The topological polar surface area (TPSA) is 115 Å². The number of anilines is 2. The highest BCUT2D eigenvalue weighted by Gasteiger charge is 2.27. The van der Waals surface area contributed by atoms with Crippen LogP contribution >= 0.6 is 11.6 Å². The van der Waals surface area contributed by atoms with Gasteiger partial charge in [0, 0.05) is 16.3 Å². The molecule has 3 aromatic rings. The summed E-state index contributed by atoms with van der Waals surface area (Å²) < 4.78 is 35.6. The number of hydrogen-bond donors (Lipinski definition) is 1. The number of nitrogens with zero attached hydrogens (tertiary/aromatic N) is 3. The SMILES string of the molecule is CS(=O)(=O)Nc1ccc(-c2noc(CN3C(=O)COc4ccc(Cl)cc43)n2)cc1. The van der Waals surface area contributed by atoms with Gasteiger partial charge in [0.25, 0.3) is 5.91 Å². The second kappa shape index (κ2) is 7.37. The number of carbonyl (C=O) groups is 1. The molecule has 0 bridgehead atoms. The molecule has 0 atom stereocenters. The molecule has 4 rings (SSSR count). The molecule has 11 heteroatoms. The van der Waals surface area contributed by atoms with Crippen LogP contribution < -0.4 is 14.4 Å². The molecular formula is C18H15ClN4O5S. The van der Waals surface area contributed by atoms with Crippen molar-refractivity contribution in [3.8, 4) is 17.1 Å². The van der Waals surface area contributed by atoms with Gasteiger partial charge in [0.15, 0.2) is 6.61 Å². The molecule has 1 aliphatic rings. The number of halogens is 1. The van der Waals surface area contributed by atoms with Crippen LogP contribution in [0, 0.1) is 0 Å². The van der Waals surface area contributed by atoms with Crippen molar-refractivity contribution in [2.75, 3.05) is 22.5 Å². The van der Waals surface area contributed by atoms with E-state index in [1.54, 1.807) is 42.5 Å². The van der Waals surface area contributed by atoms with Gasteiger partial charge in [-0.1, -0.05) is 16.8 Å². The van der Waals surface area contributed by atoms with Crippen molar-refractivity contribution in [1.29, 1.82) is 0 Å². The van der Waals surface area contributed by atoms with Gasteiger partial charge in [0.1, 0.15) is 12.3 Å². The van der Waals surface area contributed by atoms with Crippen molar-refractivity contribution in [3.63, 3.8) is 0 Å². The lowest BCUT2D eigenvalue weighted by Gasteiger charge is -2.28. The smallest absolute Gasteiger partial charge is 0.265 e. The van der Waals surface area contributed by atoms with Crippen LogP contribution in [0.2, 0.25) is 5.02 Å². The lowest BCUT2D eigenvalue weighted by molar-refractivity contribution is -0.121. The second-order valence-corrected chi connectivity index (χ2v) is 8.53. The van der Waals surface area contributed by atoms with Gasteiger partial charge in [-0.2, -0.15) is 4.98 Å². The largest absolute Gasteiger partial charge is 0.482 e. The summed E-state index contributed by atoms with van der Waals surface area (Å²) in [5.74, 6) is 0.843. The van der Waals surface area contributed by atoms with Crippen LogP contribution in [-0.2, 0) is 21.4 Å². The Morgan fingerprint density at radius 1 is 1.21 bits per heavy atom. The normalized spacial score (nSPS) is 13.7. The Morgan fingerprint density at radius 3 is 2.69 bits per heavy atom. The van der Waals surface area contributed by atoms with Crippen molar-refractivity contribution in [1.82, 2.24) is 10.1 Å². The third-order valence-corrected chi connectivity index (χ3v) is 4.91. The van der Waals surface area contributed by atoms with Crippen LogP contribution in [0.15, 0.2) is 47.0 Å². The summed E-state index contributed by atoms with van der Waals surface area (Å²) in [6.45, 7) is -0.0271. The number of carbonyl (C=O) groups excluding carboxylic acids is 1. The number of sulfonamides is 1. The van der Waals surface area contributed by atoms with Gasteiger partial charge >= 0.3 is 0 Å². The standard InChI is InChI=1S/C18H15ClN4O5S/c1-29(25,26)22-13-5-2-11(3-6-13)18-20-16(28-21-18)9-23-14-8-12(19)4-7-15(14)27-10-17(23)24/h2-8,22H,9-10H2,1H3. The third kappa shape index (κ3) is 4.33. The molecule has 1 N–H and O–H groups in total. The van der Waals surface area contributed by atoms with Crippen LogP contribution in [0.4, 0.5) is 11.4 Å². The Kier molecular flexibility index (Phi) is 4.89. The van der Waals surface area contributed by atoms with Gasteiger partial charge in [-0.15, -0.1) is 0 Å². The van der Waals surface area contributed by atoms with Crippen molar-refractivity contribution in [2.24, 2.45) is 0 Å². The number of ether oxygens (including phenoxy) is 1. The maximum atomic E-state index is 12.3. The van der Waals surface area contributed by atoms with Gasteiger partial charge in [-0.3, -0.25) is 14.4 Å². The summed E-state index contributed by atoms with van der Waals surface area (Å²) in [4.78, 5) is 18.1. The van der Waals surface area contributed by atoms with E-state index in [1.165, 1.54) is 4.90 Å². The fraction of sp³-hybridized carbons (Fsp3) is 0.167. The van der Waals surface area contributed by atoms with E-state index < -0.39 is 10.0 Å². The Morgan fingerprint density at radius 2 is 1.97 bits per heavy atom. The lowest BCUT2D eigenvalue weighted by atomic mass is 10.2. The third-order valence-electron chi connectivity index (χ3n) is 4.07. The fourth-order valence-corrected chi connectivity index (χ4v) is 3.55. The highest BCUT2D eigenvalue weighted by Crippen LogP contribution is 2.35. The Balaban J connectivity index is 1.54. The van der Waals surface area contributed by atoms with E-state index >= 15 is 0 Å². The van der Waals surface area contributed by atoms with Crippen LogP contribution in [0.3, 0.4) is 0 Å². The molecule has 0 radical (unpaired) electrons. The average Bonchev–Trinajstić information content (AvgIpc) is 3.12. The highest BCUT2D eigenvalue weighted by atomic mass is 35.5. The Bertz CT molecular complexity index is 1180. The summed E-state index contributed by atoms with van der Waals surface area (Å²) in [5, 5.41) is 4.41. The van der Waals surface area contributed by atoms with Crippen LogP contribution in [0.5, 0.6) is 5.75 Å². The van der Waals surface area contributed by atoms with E-state index in [0.29, 0.717) is 33.5 Å². The molecular weight excluding hydrogens is 420 g/mol. The molecule has 0 saturated heterocycles. The number of hydrogen-bond acceptors (Lipinski definition) is 7. The van der Waals surface area contributed by atoms with Crippen LogP contribution in [0.1, 0.15) is 5.89 Å². The first-order valence-electron chi connectivity index (χ1n) is 8.42. The molecule has 0 fully saturated rings. The van der Waals surface area contributed by atoms with E-state index in [-0.39, 0.29) is 24.9 Å². The quantitative estimate of drug-likeness (QED) is 0.656. The second-order valence-electron chi connectivity index (χ2n) is 6.34. The summed E-state index contributed by atoms with van der Waals surface area (Å²) in [6.07, 6.45) is 1.07. The number of amides is 1. The van der Waals surface area contributed by atoms with Crippen molar-refractivity contribution >= 4 is 38.9 Å². The van der Waals surface area contributed by atoms with E-state index in [0.717, 1.165) is 6.26 Å². The Hall–Kier alpha value is -3.11. The Labute approximate surface area is 171 Å². The van der Waals surface area contributed by atoms with Gasteiger partial charge in [0.2, 0.25) is 21.7 Å². The van der Waals surface area contributed by atoms with Crippen molar-refractivity contribution in [3.05, 3.63) is 53.4 Å². The minimum Gasteiger partial charge on any atom is -0.482 e. The van der Waals surface area contributed by atoms with Gasteiger partial charge in [0.05, 0.1) is 11.9 Å². The molecule has 0 aliphatic carbocycles. The van der Waals surface area contributed by atoms with Gasteiger partial charge in [-0.05, 0) is 42.5 Å². The van der Waals surface area contributed by atoms with E-state index in [2.05, 4.69) is 14.9 Å². The molecule has 2 heterocycles. The highest BCUT2D eigenvalue weighted by molar-refractivity contribution is 7.92. The van der Waals surface area contributed by atoms with Crippen molar-refractivity contribution < 1.29 is 22.5 Å². The molecule has 150 valence electrons. The first-order chi connectivity index (χ1) is 13.8. The maximum Gasteiger partial charge on any atom is 0.265 e. The van der Waals surface area contributed by atoms with E-state index in [9.17, 15) is 13.2 Å². The van der Waals surface area contributed by atoms with Crippen LogP contribution in [0.25, 0.3) is 11.4 Å². The summed E-state index contributed by atoms with van der Waals surface area (Å²) in [7, 11) is -3.36. The summed E-state index contributed by atoms with van der Waals surface area (Å²) in [5.41, 5.74) is 1.59. The first kappa shape index (κ1) is 19.2. The summed E-state index contributed by atoms with van der Waals surface area (Å²) >= 11 is 6.04. The minimum absolute atomic E-state index is 0.0657. The zero-order valence-electron chi connectivity index (χ0n) is 15.1. The number of nitrogens with one attached hydrogen (secondary N) is 1. The molecule has 0 spiro atoms. The molecule has 29 heavy (non-hydrogen) atoms. The molecule has 1 amide bonds. The molecule has 0 saturated carbocycles. The molecule has 1 aliphatic heterocycles. The van der Waals surface area contributed by atoms with E-state index in [4.69, 9.17) is 20.9 Å². The predicted molar refractivity (Wildman–Crippen MR) is 106 cm³/mol. The maximum absolute atomic E-state index is 12.3. The molecule has 9 nitrogen and oxygen atoms in total. The monoisotopic (exact) mass is 434 g/mol. The zero-order chi connectivity index (χ0) is 20.6. The minimum atomic E-state index is -3.36. The van der Waals surface area contributed by atoms with Gasteiger partial charge < -0.3 is 9.26 Å². The average molecular weight is 435 g/mol. The fourth-order valence-electron chi connectivity index (χ4n) is 2.82. The number of fused-ring (bicyclic) bond motifs is 1. The van der Waals surface area contributed by atoms with E-state index in [1.807, 2.05) is 0 Å². The number of benzene rings is 2. The molecule has 1 aromatic heterocycles.